The van der Waals surface area contributed by atoms with E-state index in [4.69, 9.17) is 16.3 Å². The van der Waals surface area contributed by atoms with Crippen molar-refractivity contribution in [3.05, 3.63) is 20.8 Å². The number of thiophene rings is 1. The molecule has 1 aromatic rings. The maximum Gasteiger partial charge on any atom is 0.0934 e. The van der Waals surface area contributed by atoms with Gasteiger partial charge in [0, 0.05) is 24.1 Å². The molecule has 0 bridgehead atoms. The highest BCUT2D eigenvalue weighted by atomic mass is 35.5. The molecule has 3 atom stereocenters. The van der Waals surface area contributed by atoms with Crippen molar-refractivity contribution in [1.82, 2.24) is 5.32 Å². The van der Waals surface area contributed by atoms with Crippen LogP contribution in [0.4, 0.5) is 0 Å². The summed E-state index contributed by atoms with van der Waals surface area (Å²) in [6.07, 6.45) is 7.80. The molecule has 1 aromatic heterocycles. The monoisotopic (exact) mass is 285 g/mol. The van der Waals surface area contributed by atoms with Gasteiger partial charge >= 0.3 is 0 Å². The molecular formula is C14H20ClNOS. The molecule has 3 unspecified atom stereocenters. The number of halogens is 1. The Hall–Kier alpha value is -0.0900. The zero-order valence-electron chi connectivity index (χ0n) is 10.7. The molecule has 2 aliphatic rings. The van der Waals surface area contributed by atoms with Crippen LogP contribution in [0.1, 0.15) is 48.6 Å². The fourth-order valence-electron chi connectivity index (χ4n) is 3.35. The molecule has 1 N–H and O–H groups in total. The fraction of sp³-hybridized carbons (Fsp3) is 0.714. The normalized spacial score (nSPS) is 31.6. The first-order valence-corrected chi connectivity index (χ1v) is 8.04. The van der Waals surface area contributed by atoms with Gasteiger partial charge in [0.25, 0.3) is 0 Å². The molecule has 1 saturated carbocycles. The van der Waals surface area contributed by atoms with Gasteiger partial charge in [-0.2, -0.15) is 0 Å². The van der Waals surface area contributed by atoms with Crippen LogP contribution < -0.4 is 5.32 Å². The van der Waals surface area contributed by atoms with Crippen molar-refractivity contribution >= 4 is 22.9 Å². The number of aryl methyl sites for hydroxylation is 1. The van der Waals surface area contributed by atoms with Crippen molar-refractivity contribution < 1.29 is 4.74 Å². The Morgan fingerprint density at radius 1 is 1.33 bits per heavy atom. The Kier molecular flexibility index (Phi) is 3.94. The molecule has 0 aromatic carbocycles. The first-order valence-electron chi connectivity index (χ1n) is 6.85. The van der Waals surface area contributed by atoms with Crippen molar-refractivity contribution in [2.45, 2.75) is 56.7 Å². The van der Waals surface area contributed by atoms with Gasteiger partial charge in [0.05, 0.1) is 10.4 Å². The Morgan fingerprint density at radius 3 is 3.06 bits per heavy atom. The second kappa shape index (κ2) is 5.49. The number of methoxy groups -OCH3 is 1. The van der Waals surface area contributed by atoms with Crippen LogP contribution in [0.3, 0.4) is 0 Å². The summed E-state index contributed by atoms with van der Waals surface area (Å²) in [7, 11) is 1.83. The first kappa shape index (κ1) is 12.9. The Bertz CT molecular complexity index is 420. The number of fused-ring (bicyclic) bond motifs is 1. The predicted octanol–water partition coefficient (Wildman–Crippen LogP) is 3.94. The standard InChI is InChI=1S/C14H20ClNOS/c1-17-12-6-2-5-11(12)16-10-4-3-7-13-9(10)8-14(15)18-13/h8,10-12,16H,2-7H2,1H3. The molecule has 1 heterocycles. The van der Waals surface area contributed by atoms with Crippen LogP contribution in [0.15, 0.2) is 6.07 Å². The summed E-state index contributed by atoms with van der Waals surface area (Å²) in [6, 6.07) is 3.16. The van der Waals surface area contributed by atoms with E-state index in [-0.39, 0.29) is 0 Å². The highest BCUT2D eigenvalue weighted by molar-refractivity contribution is 7.16. The fourth-order valence-corrected chi connectivity index (χ4v) is 4.74. The zero-order valence-corrected chi connectivity index (χ0v) is 12.3. The minimum atomic E-state index is 0.393. The summed E-state index contributed by atoms with van der Waals surface area (Å²) in [4.78, 5) is 1.48. The molecule has 0 radical (unpaired) electrons. The third-order valence-corrected chi connectivity index (χ3v) is 5.59. The number of ether oxygens (including phenoxy) is 1. The lowest BCUT2D eigenvalue weighted by molar-refractivity contribution is 0.0803. The van der Waals surface area contributed by atoms with E-state index in [1.165, 1.54) is 49.0 Å². The van der Waals surface area contributed by atoms with Crippen molar-refractivity contribution in [2.24, 2.45) is 0 Å². The minimum absolute atomic E-state index is 0.393. The Labute approximate surface area is 118 Å². The number of hydrogen-bond donors (Lipinski definition) is 1. The van der Waals surface area contributed by atoms with Gasteiger partial charge in [-0.1, -0.05) is 11.6 Å². The summed E-state index contributed by atoms with van der Waals surface area (Å²) in [5.41, 5.74) is 1.44. The lowest BCUT2D eigenvalue weighted by atomic mass is 9.93. The Morgan fingerprint density at radius 2 is 2.22 bits per heavy atom. The van der Waals surface area contributed by atoms with Crippen LogP contribution in [0, 0.1) is 0 Å². The molecule has 0 aliphatic heterocycles. The minimum Gasteiger partial charge on any atom is -0.380 e. The average molecular weight is 286 g/mol. The summed E-state index contributed by atoms with van der Waals surface area (Å²) < 4.78 is 6.51. The molecule has 3 rings (SSSR count). The van der Waals surface area contributed by atoms with Crippen molar-refractivity contribution in [3.8, 4) is 0 Å². The average Bonchev–Trinajstić information content (AvgIpc) is 2.94. The van der Waals surface area contributed by atoms with Gasteiger partial charge in [-0.15, -0.1) is 11.3 Å². The van der Waals surface area contributed by atoms with Gasteiger partial charge in [-0.05, 0) is 50.2 Å². The molecule has 100 valence electrons. The molecule has 2 nitrogen and oxygen atoms in total. The molecule has 0 saturated heterocycles. The van der Waals surface area contributed by atoms with E-state index < -0.39 is 0 Å². The van der Waals surface area contributed by atoms with Gasteiger partial charge in [0.15, 0.2) is 0 Å². The van der Waals surface area contributed by atoms with Crippen LogP contribution in [0.5, 0.6) is 0 Å². The van der Waals surface area contributed by atoms with E-state index in [1.54, 1.807) is 11.3 Å². The van der Waals surface area contributed by atoms with Crippen LogP contribution in [0.2, 0.25) is 4.34 Å². The van der Waals surface area contributed by atoms with Gasteiger partial charge in [-0.3, -0.25) is 0 Å². The van der Waals surface area contributed by atoms with E-state index in [2.05, 4.69) is 11.4 Å². The number of nitrogens with one attached hydrogen (secondary N) is 1. The van der Waals surface area contributed by atoms with E-state index in [0.29, 0.717) is 18.2 Å². The highest BCUT2D eigenvalue weighted by Crippen LogP contribution is 2.38. The molecule has 4 heteroatoms. The van der Waals surface area contributed by atoms with Crippen LogP contribution in [0.25, 0.3) is 0 Å². The molecule has 1 fully saturated rings. The SMILES string of the molecule is COC1CCCC1NC1CCCc2sc(Cl)cc21. The number of rotatable bonds is 3. The van der Waals surface area contributed by atoms with Gasteiger partial charge in [-0.25, -0.2) is 0 Å². The van der Waals surface area contributed by atoms with Gasteiger partial charge in [0.1, 0.15) is 0 Å². The van der Waals surface area contributed by atoms with Crippen molar-refractivity contribution in [3.63, 3.8) is 0 Å². The zero-order chi connectivity index (χ0) is 12.5. The highest BCUT2D eigenvalue weighted by Gasteiger charge is 2.31. The second-order valence-corrected chi connectivity index (χ2v) is 7.12. The van der Waals surface area contributed by atoms with Crippen molar-refractivity contribution in [1.29, 1.82) is 0 Å². The third kappa shape index (κ3) is 2.46. The van der Waals surface area contributed by atoms with Gasteiger partial charge in [0.2, 0.25) is 0 Å². The van der Waals surface area contributed by atoms with E-state index in [1.807, 2.05) is 7.11 Å². The predicted molar refractivity (Wildman–Crippen MR) is 76.6 cm³/mol. The quantitative estimate of drug-likeness (QED) is 0.908. The summed E-state index contributed by atoms with van der Waals surface area (Å²) in [5, 5.41) is 3.81. The van der Waals surface area contributed by atoms with Crippen LogP contribution in [-0.4, -0.2) is 19.3 Å². The summed E-state index contributed by atoms with van der Waals surface area (Å²) in [5.74, 6) is 0. The molecular weight excluding hydrogens is 266 g/mol. The molecule has 0 spiro atoms. The number of hydrogen-bond acceptors (Lipinski definition) is 3. The topological polar surface area (TPSA) is 21.3 Å². The van der Waals surface area contributed by atoms with E-state index in [9.17, 15) is 0 Å². The second-order valence-electron chi connectivity index (χ2n) is 5.35. The summed E-state index contributed by atoms with van der Waals surface area (Å²) in [6.45, 7) is 0. The van der Waals surface area contributed by atoms with Crippen LogP contribution in [-0.2, 0) is 11.2 Å². The third-order valence-electron chi connectivity index (χ3n) is 4.25. The van der Waals surface area contributed by atoms with Crippen LogP contribution >= 0.6 is 22.9 Å². The Balaban J connectivity index is 1.74. The smallest absolute Gasteiger partial charge is 0.0934 e. The molecule has 0 amide bonds. The molecule has 18 heavy (non-hydrogen) atoms. The van der Waals surface area contributed by atoms with E-state index in [0.717, 1.165) is 4.34 Å². The first-order chi connectivity index (χ1) is 8.78. The summed E-state index contributed by atoms with van der Waals surface area (Å²) >= 11 is 7.91. The van der Waals surface area contributed by atoms with Crippen molar-refractivity contribution in [2.75, 3.05) is 7.11 Å². The maximum absolute atomic E-state index is 6.15. The lowest BCUT2D eigenvalue weighted by Crippen LogP contribution is -2.40. The lowest BCUT2D eigenvalue weighted by Gasteiger charge is -2.29. The molecule has 2 aliphatic carbocycles. The van der Waals surface area contributed by atoms with E-state index >= 15 is 0 Å². The maximum atomic E-state index is 6.15. The van der Waals surface area contributed by atoms with Gasteiger partial charge < -0.3 is 10.1 Å². The largest absolute Gasteiger partial charge is 0.380 e.